The Balaban J connectivity index is 1.52. The Morgan fingerprint density at radius 3 is 2.54 bits per heavy atom. The smallest absolute Gasteiger partial charge is 0.435 e. The third-order valence-electron chi connectivity index (χ3n) is 7.20. The molecule has 0 saturated heterocycles. The van der Waals surface area contributed by atoms with E-state index < -0.39 is 11.9 Å². The number of carbonyl (C=O) groups excluding carboxylic acids is 1. The van der Waals surface area contributed by atoms with Crippen molar-refractivity contribution in [2.45, 2.75) is 19.1 Å². The van der Waals surface area contributed by atoms with Gasteiger partial charge in [0.05, 0.1) is 32.4 Å². The molecular formula is C29H25F3N6O3. The summed E-state index contributed by atoms with van der Waals surface area (Å²) in [7, 11) is 4.52. The molecule has 9 nitrogen and oxygen atoms in total. The van der Waals surface area contributed by atoms with Crippen molar-refractivity contribution in [3.8, 4) is 22.8 Å². The van der Waals surface area contributed by atoms with Gasteiger partial charge in [-0.15, -0.1) is 0 Å². The average Bonchev–Trinajstić information content (AvgIpc) is 3.62. The van der Waals surface area contributed by atoms with Crippen molar-refractivity contribution < 1.29 is 27.4 Å². The van der Waals surface area contributed by atoms with Crippen LogP contribution in [0.15, 0.2) is 61.4 Å². The third-order valence-corrected chi connectivity index (χ3v) is 7.20. The number of hydrogen-bond donors (Lipinski definition) is 0. The van der Waals surface area contributed by atoms with Gasteiger partial charge in [-0.25, -0.2) is 9.97 Å². The highest BCUT2D eigenvalue weighted by molar-refractivity contribution is 6.13. The van der Waals surface area contributed by atoms with Crippen LogP contribution in [0, 0.1) is 0 Å². The SMILES string of the molecule is COc1ccc2c(OC)ncc(N3CCc4c(cc(Cn5ccnc5)cc4-c4cn(C)nc4C(F)(F)F)C3=O)c2c1. The molecule has 1 aliphatic heterocycles. The van der Waals surface area contributed by atoms with Gasteiger partial charge >= 0.3 is 6.18 Å². The summed E-state index contributed by atoms with van der Waals surface area (Å²) in [5.41, 5.74) is 1.36. The summed E-state index contributed by atoms with van der Waals surface area (Å²) in [4.78, 5) is 24.3. The highest BCUT2D eigenvalue weighted by atomic mass is 19.4. The van der Waals surface area contributed by atoms with Crippen molar-refractivity contribution in [1.29, 1.82) is 0 Å². The normalized spacial score (nSPS) is 13.5. The van der Waals surface area contributed by atoms with Crippen molar-refractivity contribution in [2.24, 2.45) is 7.05 Å². The van der Waals surface area contributed by atoms with E-state index in [1.807, 2.05) is 12.1 Å². The number of imidazole rings is 1. The Bertz CT molecular complexity index is 1780. The second-order valence-corrected chi connectivity index (χ2v) is 9.74. The van der Waals surface area contributed by atoms with Gasteiger partial charge in [0, 0.05) is 60.6 Å². The van der Waals surface area contributed by atoms with E-state index in [4.69, 9.17) is 9.47 Å². The van der Waals surface area contributed by atoms with Gasteiger partial charge in [-0.1, -0.05) is 0 Å². The van der Waals surface area contributed by atoms with Crippen molar-refractivity contribution in [1.82, 2.24) is 24.3 Å². The van der Waals surface area contributed by atoms with Crippen LogP contribution in [0.2, 0.25) is 0 Å². The molecule has 3 aromatic heterocycles. The van der Waals surface area contributed by atoms with Crippen molar-refractivity contribution in [3.05, 3.63) is 83.8 Å². The molecule has 41 heavy (non-hydrogen) atoms. The zero-order valence-corrected chi connectivity index (χ0v) is 22.4. The van der Waals surface area contributed by atoms with Gasteiger partial charge in [-0.2, -0.15) is 18.3 Å². The van der Waals surface area contributed by atoms with Crippen LogP contribution in [-0.2, 0) is 26.2 Å². The molecule has 5 aromatic rings. The average molecular weight is 563 g/mol. The third kappa shape index (κ3) is 4.64. The van der Waals surface area contributed by atoms with E-state index >= 15 is 0 Å². The van der Waals surface area contributed by atoms with Gasteiger partial charge in [0.2, 0.25) is 5.88 Å². The number of rotatable bonds is 6. The van der Waals surface area contributed by atoms with Crippen molar-refractivity contribution in [2.75, 3.05) is 25.7 Å². The first-order valence-corrected chi connectivity index (χ1v) is 12.7. The van der Waals surface area contributed by atoms with Crippen LogP contribution in [0.3, 0.4) is 0 Å². The molecule has 0 aliphatic carbocycles. The van der Waals surface area contributed by atoms with Crippen LogP contribution in [0.1, 0.15) is 27.2 Å². The minimum Gasteiger partial charge on any atom is -0.497 e. The highest BCUT2D eigenvalue weighted by Gasteiger charge is 2.39. The number of alkyl halides is 3. The van der Waals surface area contributed by atoms with Gasteiger partial charge in [0.25, 0.3) is 5.91 Å². The Morgan fingerprint density at radius 1 is 1.02 bits per heavy atom. The summed E-state index contributed by atoms with van der Waals surface area (Å²) in [6.07, 6.45) is 3.56. The van der Waals surface area contributed by atoms with Crippen molar-refractivity contribution >= 4 is 22.4 Å². The van der Waals surface area contributed by atoms with E-state index in [-0.39, 0.29) is 18.0 Å². The number of anilines is 1. The number of fused-ring (bicyclic) bond motifs is 2. The quantitative estimate of drug-likeness (QED) is 0.286. The second-order valence-electron chi connectivity index (χ2n) is 9.74. The van der Waals surface area contributed by atoms with Gasteiger partial charge < -0.3 is 18.9 Å². The minimum atomic E-state index is -4.67. The number of amides is 1. The summed E-state index contributed by atoms with van der Waals surface area (Å²) >= 11 is 0. The van der Waals surface area contributed by atoms with Crippen molar-refractivity contribution in [3.63, 3.8) is 0 Å². The Hall–Kier alpha value is -4.87. The molecule has 6 rings (SSSR count). The van der Waals surface area contributed by atoms with E-state index in [1.54, 1.807) is 59.7 Å². The fraction of sp³-hybridized carbons (Fsp3) is 0.241. The monoisotopic (exact) mass is 562 g/mol. The lowest BCUT2D eigenvalue weighted by Gasteiger charge is -2.31. The van der Waals surface area contributed by atoms with E-state index in [0.29, 0.717) is 63.3 Å². The Labute approximate surface area is 232 Å². The molecule has 210 valence electrons. The minimum absolute atomic E-state index is 0.0636. The summed E-state index contributed by atoms with van der Waals surface area (Å²) < 4.78 is 55.9. The number of benzene rings is 2. The standard InChI is InChI=1S/C29H25F3N6O3/c1-36-15-24(26(35-36)29(30,31)32)21-10-17(14-37-9-7-33-16-37)11-23-19(21)6-8-38(28(23)39)25-13-34-27(41-3)20-5-4-18(40-2)12-22(20)25/h4-5,7,9-13,15-16H,6,8,14H2,1-3H3. The summed E-state index contributed by atoms with van der Waals surface area (Å²) in [6.45, 7) is 0.557. The van der Waals surface area contributed by atoms with E-state index in [9.17, 15) is 18.0 Å². The zero-order valence-electron chi connectivity index (χ0n) is 22.4. The van der Waals surface area contributed by atoms with Crippen LogP contribution >= 0.6 is 0 Å². The summed E-state index contributed by atoms with van der Waals surface area (Å²) in [6, 6.07) is 8.86. The van der Waals surface area contributed by atoms with Crippen LogP contribution in [0.4, 0.5) is 18.9 Å². The molecule has 2 aromatic carbocycles. The first-order valence-electron chi connectivity index (χ1n) is 12.7. The number of hydrogen-bond acceptors (Lipinski definition) is 6. The molecule has 0 atom stereocenters. The molecule has 0 saturated carbocycles. The van der Waals surface area contributed by atoms with Crippen LogP contribution in [0.5, 0.6) is 11.6 Å². The summed E-state index contributed by atoms with van der Waals surface area (Å²) in [5.74, 6) is 0.656. The molecule has 12 heteroatoms. The number of halogens is 3. The van der Waals surface area contributed by atoms with Crippen LogP contribution in [0.25, 0.3) is 21.9 Å². The van der Waals surface area contributed by atoms with Crippen LogP contribution in [-0.4, -0.2) is 51.0 Å². The lowest BCUT2D eigenvalue weighted by molar-refractivity contribution is -0.140. The number of pyridine rings is 1. The number of carbonyl (C=O) groups is 1. The van der Waals surface area contributed by atoms with E-state index in [2.05, 4.69) is 15.1 Å². The fourth-order valence-corrected chi connectivity index (χ4v) is 5.40. The predicted octanol–water partition coefficient (Wildman–Crippen LogP) is 5.12. The van der Waals surface area contributed by atoms with Gasteiger partial charge in [-0.05, 0) is 53.4 Å². The Morgan fingerprint density at radius 2 is 1.83 bits per heavy atom. The number of aryl methyl sites for hydroxylation is 1. The molecule has 0 unspecified atom stereocenters. The molecule has 0 N–H and O–H groups in total. The Kier molecular flexibility index (Phi) is 6.40. The molecule has 0 bridgehead atoms. The number of ether oxygens (including phenoxy) is 2. The summed E-state index contributed by atoms with van der Waals surface area (Å²) in [5, 5.41) is 5.11. The molecule has 0 spiro atoms. The molecule has 1 amide bonds. The maximum atomic E-state index is 14.2. The van der Waals surface area contributed by atoms with Gasteiger partial charge in [0.15, 0.2) is 5.69 Å². The first-order chi connectivity index (χ1) is 19.7. The topological polar surface area (TPSA) is 87.3 Å². The van der Waals surface area contributed by atoms with Crippen LogP contribution < -0.4 is 14.4 Å². The number of methoxy groups -OCH3 is 2. The lowest BCUT2D eigenvalue weighted by atomic mass is 9.88. The predicted molar refractivity (Wildman–Crippen MR) is 145 cm³/mol. The van der Waals surface area contributed by atoms with Gasteiger partial charge in [-0.3, -0.25) is 9.48 Å². The molecule has 4 heterocycles. The largest absolute Gasteiger partial charge is 0.497 e. The maximum Gasteiger partial charge on any atom is 0.435 e. The zero-order chi connectivity index (χ0) is 28.9. The molecule has 1 aliphatic rings. The number of nitrogens with zero attached hydrogens (tertiary/aromatic N) is 6. The molecule has 0 fully saturated rings. The van der Waals surface area contributed by atoms with E-state index in [0.717, 1.165) is 4.68 Å². The maximum absolute atomic E-state index is 14.2. The first kappa shape index (κ1) is 26.4. The van der Waals surface area contributed by atoms with Gasteiger partial charge in [0.1, 0.15) is 5.75 Å². The lowest BCUT2D eigenvalue weighted by Crippen LogP contribution is -2.38. The molecular weight excluding hydrogens is 537 g/mol. The molecule has 0 radical (unpaired) electrons. The highest BCUT2D eigenvalue weighted by Crippen LogP contribution is 2.41. The number of aromatic nitrogens is 5. The van der Waals surface area contributed by atoms with E-state index in [1.165, 1.54) is 20.4 Å². The second kappa shape index (κ2) is 9.95. The fourth-order valence-electron chi connectivity index (χ4n) is 5.40.